The van der Waals surface area contributed by atoms with Gasteiger partial charge in [-0.1, -0.05) is 27.7 Å². The van der Waals surface area contributed by atoms with Crippen LogP contribution in [0.5, 0.6) is 0 Å². The summed E-state index contributed by atoms with van der Waals surface area (Å²) in [6.45, 7) is 7.39. The molecule has 3 aliphatic rings. The first kappa shape index (κ1) is 21.9. The van der Waals surface area contributed by atoms with Crippen molar-refractivity contribution in [2.45, 2.75) is 38.5 Å². The lowest BCUT2D eigenvalue weighted by Crippen LogP contribution is -2.25. The Balaban J connectivity index is 1.56. The minimum Gasteiger partial charge on any atom is -0.506 e. The standard InChI is InChI=1S/C27H22F2N2O3/c1-26(2)17-9-13(28)5-7-19(17)30-21(26)11-15-23(32)16(25(34)24(15)33)12-22-27(3,4)18-10-14(29)6-8-20(18)31-22/h5-12,30,32H,1-4H3/b16-12-,21-11-. The van der Waals surface area contributed by atoms with Crippen molar-refractivity contribution >= 4 is 28.7 Å². The van der Waals surface area contributed by atoms with E-state index in [0.717, 1.165) is 0 Å². The molecule has 0 unspecified atom stereocenters. The van der Waals surface area contributed by atoms with Gasteiger partial charge in [-0.3, -0.25) is 14.6 Å². The zero-order chi connectivity index (χ0) is 24.6. The van der Waals surface area contributed by atoms with Gasteiger partial charge in [0.2, 0.25) is 11.6 Å². The number of Topliss-reactive ketones (excluding diaryl/α,β-unsaturated/α-hetero) is 2. The number of hydrogen-bond acceptors (Lipinski definition) is 5. The Labute approximate surface area is 195 Å². The Kier molecular flexibility index (Phi) is 4.56. The number of fused-ring (bicyclic) bond motifs is 2. The summed E-state index contributed by atoms with van der Waals surface area (Å²) in [5.74, 6) is -2.90. The van der Waals surface area contributed by atoms with Crippen LogP contribution in [0.3, 0.4) is 0 Å². The lowest BCUT2D eigenvalue weighted by Gasteiger charge is -2.20. The van der Waals surface area contributed by atoms with E-state index in [1.54, 1.807) is 12.1 Å². The molecule has 172 valence electrons. The van der Waals surface area contributed by atoms with E-state index in [-0.39, 0.29) is 17.0 Å². The van der Waals surface area contributed by atoms with Crippen molar-refractivity contribution in [1.29, 1.82) is 0 Å². The van der Waals surface area contributed by atoms with Crippen LogP contribution in [0.1, 0.15) is 38.8 Å². The van der Waals surface area contributed by atoms with Crippen molar-refractivity contribution in [3.8, 4) is 0 Å². The molecule has 7 heteroatoms. The highest BCUT2D eigenvalue weighted by Crippen LogP contribution is 2.45. The molecule has 34 heavy (non-hydrogen) atoms. The maximum Gasteiger partial charge on any atom is 0.237 e. The second-order valence-corrected chi connectivity index (χ2v) is 9.76. The number of hydrogen-bond donors (Lipinski definition) is 2. The normalized spacial score (nSPS) is 22.4. The Morgan fingerprint density at radius 1 is 0.882 bits per heavy atom. The van der Waals surface area contributed by atoms with Gasteiger partial charge in [-0.2, -0.15) is 0 Å². The molecule has 1 aliphatic carbocycles. The molecule has 2 aromatic carbocycles. The number of nitrogens with one attached hydrogen (secondary N) is 1. The van der Waals surface area contributed by atoms with Crippen molar-refractivity contribution in [3.63, 3.8) is 0 Å². The summed E-state index contributed by atoms with van der Waals surface area (Å²) in [6.07, 6.45) is 2.84. The van der Waals surface area contributed by atoms with Crippen LogP contribution in [0.25, 0.3) is 0 Å². The Morgan fingerprint density at radius 3 is 2.24 bits per heavy atom. The number of carbonyl (C=O) groups is 2. The van der Waals surface area contributed by atoms with Gasteiger partial charge in [0.15, 0.2) is 0 Å². The second kappa shape index (κ2) is 7.06. The maximum absolute atomic E-state index is 13.8. The van der Waals surface area contributed by atoms with Crippen LogP contribution < -0.4 is 5.32 Å². The van der Waals surface area contributed by atoms with Gasteiger partial charge in [0, 0.05) is 22.2 Å². The van der Waals surface area contributed by atoms with Gasteiger partial charge in [-0.25, -0.2) is 8.78 Å². The highest BCUT2D eigenvalue weighted by Gasteiger charge is 2.41. The minimum absolute atomic E-state index is 0.139. The lowest BCUT2D eigenvalue weighted by atomic mass is 9.81. The summed E-state index contributed by atoms with van der Waals surface area (Å²) in [5.41, 5.74) is 1.92. The fraction of sp³-hybridized carbons (Fsp3) is 0.222. The van der Waals surface area contributed by atoms with Crippen LogP contribution in [0.4, 0.5) is 20.2 Å². The molecule has 0 bridgehead atoms. The highest BCUT2D eigenvalue weighted by atomic mass is 19.1. The number of rotatable bonds is 2. The lowest BCUT2D eigenvalue weighted by molar-refractivity contribution is -0.131. The first-order valence-corrected chi connectivity index (χ1v) is 10.8. The summed E-state index contributed by atoms with van der Waals surface area (Å²) >= 11 is 0. The van der Waals surface area contributed by atoms with Crippen LogP contribution in [-0.2, 0) is 20.4 Å². The van der Waals surface area contributed by atoms with E-state index < -0.39 is 34.0 Å². The van der Waals surface area contributed by atoms with Gasteiger partial charge in [-0.15, -0.1) is 0 Å². The molecule has 2 heterocycles. The number of halogens is 2. The molecular formula is C27H22F2N2O3. The van der Waals surface area contributed by atoms with Gasteiger partial charge in [0.25, 0.3) is 0 Å². The Bertz CT molecular complexity index is 1440. The molecule has 2 aliphatic heterocycles. The third-order valence-corrected chi connectivity index (χ3v) is 6.89. The Hall–Kier alpha value is -3.87. The number of carbonyl (C=O) groups excluding carboxylic acids is 2. The first-order chi connectivity index (χ1) is 15.9. The van der Waals surface area contributed by atoms with Crippen molar-refractivity contribution in [1.82, 2.24) is 0 Å². The van der Waals surface area contributed by atoms with Gasteiger partial charge in [0.05, 0.1) is 22.5 Å². The third-order valence-electron chi connectivity index (χ3n) is 6.89. The van der Waals surface area contributed by atoms with E-state index in [0.29, 0.717) is 33.9 Å². The maximum atomic E-state index is 13.8. The van der Waals surface area contributed by atoms with E-state index in [4.69, 9.17) is 0 Å². The SMILES string of the molecule is CC1(C)C(/C=C2\C(=O)C(=O)C(/C=C3\Nc4ccc(F)cc4C3(C)C)=C2O)=Nc2ccc(F)cc21. The molecule has 5 nitrogen and oxygen atoms in total. The van der Waals surface area contributed by atoms with Gasteiger partial charge in [-0.05, 0) is 59.7 Å². The number of nitrogens with zero attached hydrogens (tertiary/aromatic N) is 1. The summed E-state index contributed by atoms with van der Waals surface area (Å²) in [4.78, 5) is 30.1. The van der Waals surface area contributed by atoms with Gasteiger partial charge in [0.1, 0.15) is 17.4 Å². The second-order valence-electron chi connectivity index (χ2n) is 9.76. The van der Waals surface area contributed by atoms with E-state index >= 15 is 0 Å². The summed E-state index contributed by atoms with van der Waals surface area (Å²) in [5, 5.41) is 14.1. The number of anilines is 1. The summed E-state index contributed by atoms with van der Waals surface area (Å²) in [6, 6.07) is 8.62. The van der Waals surface area contributed by atoms with E-state index in [2.05, 4.69) is 10.3 Å². The minimum atomic E-state index is -0.843. The fourth-order valence-electron chi connectivity index (χ4n) is 4.69. The van der Waals surface area contributed by atoms with Crippen molar-refractivity contribution in [2.24, 2.45) is 4.99 Å². The third kappa shape index (κ3) is 3.07. The van der Waals surface area contributed by atoms with Crippen LogP contribution in [0.2, 0.25) is 0 Å². The van der Waals surface area contributed by atoms with Crippen molar-refractivity contribution < 1.29 is 23.5 Å². The summed E-state index contributed by atoms with van der Waals surface area (Å²) in [7, 11) is 0. The number of aliphatic hydroxyl groups excluding tert-OH is 1. The van der Waals surface area contributed by atoms with E-state index in [1.165, 1.54) is 36.4 Å². The monoisotopic (exact) mass is 460 g/mol. The average molecular weight is 460 g/mol. The number of ketones is 2. The number of aliphatic hydroxyl groups is 1. The van der Waals surface area contributed by atoms with Crippen LogP contribution >= 0.6 is 0 Å². The summed E-state index contributed by atoms with van der Waals surface area (Å²) < 4.78 is 27.6. The zero-order valence-corrected chi connectivity index (χ0v) is 19.1. The molecule has 0 amide bonds. The predicted molar refractivity (Wildman–Crippen MR) is 125 cm³/mol. The number of aliphatic imine (C=N–C) groups is 1. The molecule has 0 spiro atoms. The molecule has 5 rings (SSSR count). The smallest absolute Gasteiger partial charge is 0.237 e. The van der Waals surface area contributed by atoms with Crippen molar-refractivity contribution in [2.75, 3.05) is 5.32 Å². The topological polar surface area (TPSA) is 78.8 Å². The molecule has 2 aromatic rings. The molecule has 0 saturated carbocycles. The van der Waals surface area contributed by atoms with Gasteiger partial charge < -0.3 is 10.4 Å². The van der Waals surface area contributed by atoms with E-state index in [9.17, 15) is 23.5 Å². The molecule has 2 N–H and O–H groups in total. The Morgan fingerprint density at radius 2 is 1.53 bits per heavy atom. The molecule has 0 saturated heterocycles. The predicted octanol–water partition coefficient (Wildman–Crippen LogP) is 5.51. The van der Waals surface area contributed by atoms with Crippen LogP contribution in [0, 0.1) is 11.6 Å². The van der Waals surface area contributed by atoms with Crippen LogP contribution in [-0.4, -0.2) is 22.4 Å². The molecule has 0 aromatic heterocycles. The molecular weight excluding hydrogens is 438 g/mol. The highest BCUT2D eigenvalue weighted by molar-refractivity contribution is 6.54. The molecule has 0 atom stereocenters. The van der Waals surface area contributed by atoms with Crippen molar-refractivity contribution in [3.05, 3.63) is 93.9 Å². The average Bonchev–Trinajstić information content (AvgIpc) is 3.25. The fourth-order valence-corrected chi connectivity index (χ4v) is 4.69. The largest absolute Gasteiger partial charge is 0.506 e. The number of allylic oxidation sites excluding steroid dienone is 5. The van der Waals surface area contributed by atoms with Crippen LogP contribution in [0.15, 0.2) is 76.1 Å². The van der Waals surface area contributed by atoms with E-state index in [1.807, 2.05) is 27.7 Å². The molecule has 0 radical (unpaired) electrons. The van der Waals surface area contributed by atoms with Gasteiger partial charge >= 0.3 is 0 Å². The first-order valence-electron chi connectivity index (χ1n) is 10.8. The zero-order valence-electron chi connectivity index (χ0n) is 19.1. The number of benzene rings is 2. The quantitative estimate of drug-likeness (QED) is 0.458. The molecule has 0 fully saturated rings.